The average Bonchev–Trinajstić information content (AvgIpc) is 2.96. The van der Waals surface area contributed by atoms with Crippen LogP contribution in [0.25, 0.3) is 17.1 Å². The lowest BCUT2D eigenvalue weighted by Gasteiger charge is -2.09. The maximum Gasteiger partial charge on any atom is 0.416 e. The standard InChI is InChI=1S/C14H7F5N4/c15-10-4-5-12(11(16)7-10)23-13(20-21-22-23)8-2-1-3-9(6-8)14(17,18)19/h1-7H. The predicted molar refractivity (Wildman–Crippen MR) is 69.5 cm³/mol. The molecule has 23 heavy (non-hydrogen) atoms. The van der Waals surface area contributed by atoms with Crippen LogP contribution in [0.2, 0.25) is 0 Å². The second-order valence-corrected chi connectivity index (χ2v) is 4.59. The van der Waals surface area contributed by atoms with Crippen molar-refractivity contribution >= 4 is 0 Å². The number of hydrogen-bond donors (Lipinski definition) is 0. The van der Waals surface area contributed by atoms with Gasteiger partial charge in [-0.15, -0.1) is 5.10 Å². The smallest absolute Gasteiger partial charge is 0.207 e. The third-order valence-electron chi connectivity index (χ3n) is 3.06. The second kappa shape index (κ2) is 5.41. The number of alkyl halides is 3. The van der Waals surface area contributed by atoms with Crippen molar-refractivity contribution in [2.45, 2.75) is 6.18 Å². The van der Waals surface area contributed by atoms with Crippen LogP contribution < -0.4 is 0 Å². The summed E-state index contributed by atoms with van der Waals surface area (Å²) in [7, 11) is 0. The van der Waals surface area contributed by atoms with E-state index in [0.29, 0.717) is 6.07 Å². The normalized spacial score (nSPS) is 11.7. The van der Waals surface area contributed by atoms with Crippen LogP contribution in [0.5, 0.6) is 0 Å². The summed E-state index contributed by atoms with van der Waals surface area (Å²) in [5, 5.41) is 10.5. The van der Waals surface area contributed by atoms with E-state index in [4.69, 9.17) is 0 Å². The topological polar surface area (TPSA) is 43.6 Å². The molecule has 0 amide bonds. The molecule has 4 nitrogen and oxygen atoms in total. The molecule has 3 rings (SSSR count). The number of benzene rings is 2. The lowest BCUT2D eigenvalue weighted by molar-refractivity contribution is -0.137. The molecule has 3 aromatic rings. The third kappa shape index (κ3) is 2.89. The molecule has 0 spiro atoms. The van der Waals surface area contributed by atoms with Crippen molar-refractivity contribution in [2.24, 2.45) is 0 Å². The molecule has 0 saturated carbocycles. The molecular weight excluding hydrogens is 319 g/mol. The first-order valence-electron chi connectivity index (χ1n) is 6.28. The highest BCUT2D eigenvalue weighted by Crippen LogP contribution is 2.32. The van der Waals surface area contributed by atoms with Crippen LogP contribution >= 0.6 is 0 Å². The maximum absolute atomic E-state index is 13.8. The van der Waals surface area contributed by atoms with Gasteiger partial charge < -0.3 is 0 Å². The third-order valence-corrected chi connectivity index (χ3v) is 3.06. The molecule has 0 radical (unpaired) electrons. The zero-order valence-electron chi connectivity index (χ0n) is 11.2. The van der Waals surface area contributed by atoms with E-state index in [9.17, 15) is 22.0 Å². The Morgan fingerprint density at radius 3 is 2.43 bits per heavy atom. The van der Waals surface area contributed by atoms with Gasteiger partial charge in [0, 0.05) is 11.6 Å². The van der Waals surface area contributed by atoms with Crippen LogP contribution in [-0.4, -0.2) is 20.2 Å². The Morgan fingerprint density at radius 1 is 0.957 bits per heavy atom. The molecule has 0 aliphatic rings. The minimum atomic E-state index is -4.53. The van der Waals surface area contributed by atoms with E-state index < -0.39 is 23.4 Å². The quantitative estimate of drug-likeness (QED) is 0.676. The molecule has 0 atom stereocenters. The van der Waals surface area contributed by atoms with Crippen molar-refractivity contribution in [2.75, 3.05) is 0 Å². The average molecular weight is 326 g/mol. The Bertz CT molecular complexity index is 856. The number of halogens is 5. The Labute approximate surface area is 126 Å². The zero-order chi connectivity index (χ0) is 16.6. The Balaban J connectivity index is 2.12. The van der Waals surface area contributed by atoms with Crippen LogP contribution in [0.4, 0.5) is 22.0 Å². The van der Waals surface area contributed by atoms with Gasteiger partial charge in [-0.1, -0.05) is 12.1 Å². The minimum Gasteiger partial charge on any atom is -0.207 e. The van der Waals surface area contributed by atoms with E-state index in [1.807, 2.05) is 0 Å². The molecule has 1 aromatic heterocycles. The van der Waals surface area contributed by atoms with E-state index in [1.165, 1.54) is 12.1 Å². The number of rotatable bonds is 2. The van der Waals surface area contributed by atoms with Gasteiger partial charge in [0.1, 0.15) is 11.5 Å². The fraction of sp³-hybridized carbons (Fsp3) is 0.0714. The lowest BCUT2D eigenvalue weighted by atomic mass is 10.1. The summed E-state index contributed by atoms with van der Waals surface area (Å²) in [6.07, 6.45) is -4.53. The van der Waals surface area contributed by atoms with Gasteiger partial charge in [0.05, 0.1) is 5.56 Å². The van der Waals surface area contributed by atoms with Crippen LogP contribution in [0.1, 0.15) is 5.56 Å². The number of hydrogen-bond acceptors (Lipinski definition) is 3. The van der Waals surface area contributed by atoms with Crippen molar-refractivity contribution in [3.05, 3.63) is 59.7 Å². The molecule has 0 bridgehead atoms. The largest absolute Gasteiger partial charge is 0.416 e. The summed E-state index contributed by atoms with van der Waals surface area (Å²) >= 11 is 0. The molecule has 0 unspecified atom stereocenters. The van der Waals surface area contributed by atoms with Crippen molar-refractivity contribution in [1.29, 1.82) is 0 Å². The first-order valence-corrected chi connectivity index (χ1v) is 6.28. The van der Waals surface area contributed by atoms with Gasteiger partial charge in [-0.05, 0) is 34.7 Å². The summed E-state index contributed by atoms with van der Waals surface area (Å²) in [4.78, 5) is 0. The molecule has 1 heterocycles. The van der Waals surface area contributed by atoms with E-state index in [1.54, 1.807) is 0 Å². The van der Waals surface area contributed by atoms with E-state index in [0.717, 1.165) is 28.9 Å². The maximum atomic E-state index is 13.8. The summed E-state index contributed by atoms with van der Waals surface area (Å²) in [5.41, 5.74) is -1.01. The number of tetrazole rings is 1. The minimum absolute atomic E-state index is 0.0496. The van der Waals surface area contributed by atoms with Crippen molar-refractivity contribution in [3.63, 3.8) is 0 Å². The van der Waals surface area contributed by atoms with Crippen molar-refractivity contribution in [1.82, 2.24) is 20.2 Å². The molecule has 0 aliphatic heterocycles. The van der Waals surface area contributed by atoms with Gasteiger partial charge in [0.15, 0.2) is 11.6 Å². The van der Waals surface area contributed by atoms with Crippen LogP contribution in [0.15, 0.2) is 42.5 Å². The van der Waals surface area contributed by atoms with Gasteiger partial charge in [-0.2, -0.15) is 17.9 Å². The highest BCUT2D eigenvalue weighted by molar-refractivity contribution is 5.58. The van der Waals surface area contributed by atoms with Crippen LogP contribution in [-0.2, 0) is 6.18 Å². The molecular formula is C14H7F5N4. The fourth-order valence-electron chi connectivity index (χ4n) is 2.02. The predicted octanol–water partition coefficient (Wildman–Crippen LogP) is 3.63. The second-order valence-electron chi connectivity index (χ2n) is 4.59. The molecule has 0 saturated heterocycles. The molecule has 0 N–H and O–H groups in total. The summed E-state index contributed by atoms with van der Waals surface area (Å²) in [6.45, 7) is 0. The van der Waals surface area contributed by atoms with Gasteiger partial charge in [0.2, 0.25) is 0 Å². The van der Waals surface area contributed by atoms with E-state index >= 15 is 0 Å². The highest BCUT2D eigenvalue weighted by Gasteiger charge is 2.31. The molecule has 9 heteroatoms. The highest BCUT2D eigenvalue weighted by atomic mass is 19.4. The summed E-state index contributed by atoms with van der Waals surface area (Å²) in [6, 6.07) is 7.03. The SMILES string of the molecule is Fc1ccc(-n2nnnc2-c2cccc(C(F)(F)F)c2)c(F)c1. The number of nitrogens with zero attached hydrogens (tertiary/aromatic N) is 4. The van der Waals surface area contributed by atoms with Gasteiger partial charge in [-0.3, -0.25) is 0 Å². The Hall–Kier alpha value is -2.84. The Morgan fingerprint density at radius 2 is 1.74 bits per heavy atom. The summed E-state index contributed by atoms with van der Waals surface area (Å²) < 4.78 is 66.1. The summed E-state index contributed by atoms with van der Waals surface area (Å²) in [5.74, 6) is -1.83. The molecule has 118 valence electrons. The fourth-order valence-corrected chi connectivity index (χ4v) is 2.02. The Kier molecular flexibility index (Phi) is 3.55. The first-order chi connectivity index (χ1) is 10.9. The van der Waals surface area contributed by atoms with Crippen molar-refractivity contribution < 1.29 is 22.0 Å². The zero-order valence-corrected chi connectivity index (χ0v) is 11.2. The van der Waals surface area contributed by atoms with Crippen LogP contribution in [0, 0.1) is 11.6 Å². The number of aromatic nitrogens is 4. The molecule has 0 fully saturated rings. The van der Waals surface area contributed by atoms with Crippen LogP contribution in [0.3, 0.4) is 0 Å². The van der Waals surface area contributed by atoms with Gasteiger partial charge in [0.25, 0.3) is 0 Å². The molecule has 0 aliphatic carbocycles. The monoisotopic (exact) mass is 326 g/mol. The van der Waals surface area contributed by atoms with E-state index in [-0.39, 0.29) is 17.1 Å². The van der Waals surface area contributed by atoms with Gasteiger partial charge in [-0.25, -0.2) is 8.78 Å². The molecule has 2 aromatic carbocycles. The van der Waals surface area contributed by atoms with E-state index in [2.05, 4.69) is 15.5 Å². The first kappa shape index (κ1) is 15.1. The van der Waals surface area contributed by atoms with Crippen molar-refractivity contribution in [3.8, 4) is 17.1 Å². The lowest BCUT2D eigenvalue weighted by Crippen LogP contribution is -2.06. The van der Waals surface area contributed by atoms with Gasteiger partial charge >= 0.3 is 6.18 Å².